The number of benzene rings is 2. The minimum Gasteiger partial charge on any atom is -0.457 e. The van der Waals surface area contributed by atoms with Crippen LogP contribution in [0.5, 0.6) is 0 Å². The highest BCUT2D eigenvalue weighted by Gasteiger charge is 2.13. The molecule has 0 aliphatic carbocycles. The number of nitrogens with one attached hydrogen (secondary N) is 1. The van der Waals surface area contributed by atoms with E-state index in [1.54, 1.807) is 12.1 Å². The number of hydrogen-bond acceptors (Lipinski definition) is 3. The molecule has 0 bridgehead atoms. The van der Waals surface area contributed by atoms with Gasteiger partial charge in [0.25, 0.3) is 0 Å². The number of hydrogen-bond donors (Lipinski definition) is 1. The van der Waals surface area contributed by atoms with Crippen LogP contribution in [0.3, 0.4) is 0 Å². The van der Waals surface area contributed by atoms with Crippen LogP contribution in [-0.4, -0.2) is 24.4 Å². The summed E-state index contributed by atoms with van der Waals surface area (Å²) < 4.78 is 32.5. The molecule has 0 saturated heterocycles. The van der Waals surface area contributed by atoms with Crippen LogP contribution in [0.4, 0.5) is 14.5 Å². The molecule has 4 nitrogen and oxygen atoms in total. The van der Waals surface area contributed by atoms with Gasteiger partial charge in [-0.1, -0.05) is 6.07 Å². The molecule has 0 unspecified atom stereocenters. The van der Waals surface area contributed by atoms with Crippen LogP contribution in [0, 0.1) is 11.6 Å². The minimum absolute atomic E-state index is 0.163. The number of aryl methyl sites for hydroxylation is 1. The van der Waals surface area contributed by atoms with Gasteiger partial charge < -0.3 is 14.6 Å². The fourth-order valence-electron chi connectivity index (χ4n) is 3.62. The third-order valence-electron chi connectivity index (χ3n) is 5.12. The van der Waals surface area contributed by atoms with Gasteiger partial charge in [0.05, 0.1) is 5.56 Å². The Labute approximate surface area is 173 Å². The molecule has 1 amide bonds. The van der Waals surface area contributed by atoms with Crippen LogP contribution < -0.4 is 5.32 Å². The van der Waals surface area contributed by atoms with Crippen molar-refractivity contribution in [1.82, 2.24) is 4.90 Å². The molecule has 0 spiro atoms. The van der Waals surface area contributed by atoms with Crippen molar-refractivity contribution in [3.8, 4) is 11.3 Å². The number of fused-ring (bicyclic) bond motifs is 1. The SMILES string of the molecule is CN1CCCc2cc(NC(=O)/C=C/c3ccc(-c4ccc(F)cc4F)o3)ccc2C1. The molecule has 6 heteroatoms. The predicted octanol–water partition coefficient (Wildman–Crippen LogP) is 5.25. The first-order valence-corrected chi connectivity index (χ1v) is 9.82. The summed E-state index contributed by atoms with van der Waals surface area (Å²) in [6.07, 6.45) is 4.96. The number of furan rings is 1. The van der Waals surface area contributed by atoms with E-state index in [-0.39, 0.29) is 17.2 Å². The number of anilines is 1. The Morgan fingerprint density at radius 1 is 1.10 bits per heavy atom. The van der Waals surface area contributed by atoms with Gasteiger partial charge in [0.15, 0.2) is 0 Å². The predicted molar refractivity (Wildman–Crippen MR) is 113 cm³/mol. The van der Waals surface area contributed by atoms with E-state index in [0.717, 1.165) is 37.7 Å². The maximum Gasteiger partial charge on any atom is 0.248 e. The molecule has 2 aromatic carbocycles. The van der Waals surface area contributed by atoms with Gasteiger partial charge in [-0.3, -0.25) is 4.79 Å². The second-order valence-electron chi connectivity index (χ2n) is 7.47. The van der Waals surface area contributed by atoms with E-state index in [9.17, 15) is 13.6 Å². The fourth-order valence-corrected chi connectivity index (χ4v) is 3.62. The normalized spacial score (nSPS) is 14.5. The van der Waals surface area contributed by atoms with Crippen LogP contribution in [0.2, 0.25) is 0 Å². The summed E-state index contributed by atoms with van der Waals surface area (Å²) in [5.41, 5.74) is 3.47. The van der Waals surface area contributed by atoms with Crippen molar-refractivity contribution >= 4 is 17.7 Å². The molecule has 154 valence electrons. The Bertz CT molecular complexity index is 1100. The third-order valence-corrected chi connectivity index (χ3v) is 5.12. The Morgan fingerprint density at radius 2 is 1.97 bits per heavy atom. The molecule has 4 rings (SSSR count). The first kappa shape index (κ1) is 20.0. The summed E-state index contributed by atoms with van der Waals surface area (Å²) in [6, 6.07) is 12.5. The van der Waals surface area contributed by atoms with E-state index in [1.807, 2.05) is 12.1 Å². The van der Waals surface area contributed by atoms with Crippen molar-refractivity contribution in [2.75, 3.05) is 18.9 Å². The van der Waals surface area contributed by atoms with Crippen molar-refractivity contribution in [3.63, 3.8) is 0 Å². The topological polar surface area (TPSA) is 45.5 Å². The first-order valence-electron chi connectivity index (χ1n) is 9.82. The van der Waals surface area contributed by atoms with Crippen molar-refractivity contribution in [3.05, 3.63) is 83.1 Å². The largest absolute Gasteiger partial charge is 0.457 e. The summed E-state index contributed by atoms with van der Waals surface area (Å²) in [6.45, 7) is 1.98. The molecule has 2 heterocycles. The maximum absolute atomic E-state index is 13.9. The van der Waals surface area contributed by atoms with E-state index in [2.05, 4.69) is 23.3 Å². The molecular weight excluding hydrogens is 386 g/mol. The third kappa shape index (κ3) is 4.66. The highest BCUT2D eigenvalue weighted by molar-refractivity contribution is 6.01. The first-order chi connectivity index (χ1) is 14.5. The van der Waals surface area contributed by atoms with E-state index in [0.29, 0.717) is 5.76 Å². The molecule has 1 aliphatic heterocycles. The van der Waals surface area contributed by atoms with Crippen LogP contribution in [0.1, 0.15) is 23.3 Å². The van der Waals surface area contributed by atoms with Gasteiger partial charge in [-0.05, 0) is 80.0 Å². The summed E-state index contributed by atoms with van der Waals surface area (Å²) in [5.74, 6) is -0.972. The number of nitrogens with zero attached hydrogens (tertiary/aromatic N) is 1. The van der Waals surface area contributed by atoms with Gasteiger partial charge in [-0.25, -0.2) is 8.78 Å². The molecule has 0 radical (unpaired) electrons. The summed E-state index contributed by atoms with van der Waals surface area (Å²) in [7, 11) is 2.11. The summed E-state index contributed by atoms with van der Waals surface area (Å²) in [5, 5.41) is 2.87. The van der Waals surface area contributed by atoms with Gasteiger partial charge in [0.2, 0.25) is 5.91 Å². The molecule has 1 aromatic heterocycles. The lowest BCUT2D eigenvalue weighted by atomic mass is 10.0. The fraction of sp³-hybridized carbons (Fsp3) is 0.208. The molecule has 1 N–H and O–H groups in total. The minimum atomic E-state index is -0.702. The Hall–Kier alpha value is -3.25. The Balaban J connectivity index is 1.42. The Morgan fingerprint density at radius 3 is 2.80 bits per heavy atom. The van der Waals surface area contributed by atoms with Gasteiger partial charge in [-0.2, -0.15) is 0 Å². The van der Waals surface area contributed by atoms with Crippen molar-refractivity contribution in [1.29, 1.82) is 0 Å². The van der Waals surface area contributed by atoms with Crippen molar-refractivity contribution < 1.29 is 18.0 Å². The molecule has 0 atom stereocenters. The van der Waals surface area contributed by atoms with E-state index in [4.69, 9.17) is 4.42 Å². The van der Waals surface area contributed by atoms with Crippen molar-refractivity contribution in [2.24, 2.45) is 0 Å². The number of halogens is 2. The van der Waals surface area contributed by atoms with Gasteiger partial charge in [0.1, 0.15) is 23.2 Å². The lowest BCUT2D eigenvalue weighted by molar-refractivity contribution is -0.111. The van der Waals surface area contributed by atoms with Gasteiger partial charge in [0, 0.05) is 24.4 Å². The number of carbonyl (C=O) groups excluding carboxylic acids is 1. The van der Waals surface area contributed by atoms with Crippen molar-refractivity contribution in [2.45, 2.75) is 19.4 Å². The number of amides is 1. The van der Waals surface area contributed by atoms with Crippen LogP contribution >= 0.6 is 0 Å². The summed E-state index contributed by atoms with van der Waals surface area (Å²) in [4.78, 5) is 14.6. The van der Waals surface area contributed by atoms with E-state index in [1.165, 1.54) is 35.4 Å². The van der Waals surface area contributed by atoms with Gasteiger partial charge in [-0.15, -0.1) is 0 Å². The second kappa shape index (κ2) is 8.63. The number of carbonyl (C=O) groups is 1. The lowest BCUT2D eigenvalue weighted by Crippen LogP contribution is -2.17. The quantitative estimate of drug-likeness (QED) is 0.600. The zero-order chi connectivity index (χ0) is 21.1. The average Bonchev–Trinajstić information content (AvgIpc) is 3.08. The average molecular weight is 408 g/mol. The van der Waals surface area contributed by atoms with Crippen LogP contribution in [0.15, 0.2) is 59.0 Å². The maximum atomic E-state index is 13.9. The molecule has 3 aromatic rings. The summed E-state index contributed by atoms with van der Waals surface area (Å²) >= 11 is 0. The van der Waals surface area contributed by atoms with Crippen LogP contribution in [0.25, 0.3) is 17.4 Å². The smallest absolute Gasteiger partial charge is 0.248 e. The molecular formula is C24H22F2N2O2. The monoisotopic (exact) mass is 408 g/mol. The number of rotatable bonds is 4. The van der Waals surface area contributed by atoms with Crippen LogP contribution in [-0.2, 0) is 17.8 Å². The highest BCUT2D eigenvalue weighted by atomic mass is 19.1. The molecule has 0 saturated carbocycles. The Kier molecular flexibility index (Phi) is 5.77. The zero-order valence-electron chi connectivity index (χ0n) is 16.6. The molecule has 1 aliphatic rings. The van der Waals surface area contributed by atoms with E-state index < -0.39 is 11.6 Å². The molecule has 30 heavy (non-hydrogen) atoms. The standard InChI is InChI=1S/C24H22F2N2O2/c1-28-12-2-3-16-13-19(6-4-17(16)15-28)27-24(29)11-8-20-7-10-23(30-20)21-9-5-18(25)14-22(21)26/h4-11,13-14H,2-3,12,15H2,1H3,(H,27,29)/b11-8+. The highest BCUT2D eigenvalue weighted by Crippen LogP contribution is 2.26. The van der Waals surface area contributed by atoms with Gasteiger partial charge >= 0.3 is 0 Å². The zero-order valence-corrected chi connectivity index (χ0v) is 16.6. The van der Waals surface area contributed by atoms with E-state index >= 15 is 0 Å². The second-order valence-corrected chi connectivity index (χ2v) is 7.47. The molecule has 0 fully saturated rings. The lowest BCUT2D eigenvalue weighted by Gasteiger charge is -2.13.